The highest BCUT2D eigenvalue weighted by Gasteiger charge is 2.37. The van der Waals surface area contributed by atoms with E-state index >= 15 is 0 Å². The summed E-state index contributed by atoms with van der Waals surface area (Å²) in [7, 11) is 0. The monoisotopic (exact) mass is 364 g/mol. The zero-order valence-corrected chi connectivity index (χ0v) is 15.4. The molecule has 4 rings (SSSR count). The fourth-order valence-electron chi connectivity index (χ4n) is 3.80. The molecule has 1 atom stereocenters. The topological polar surface area (TPSA) is 88.2 Å². The quantitative estimate of drug-likeness (QED) is 0.722. The Balaban J connectivity index is 1.56. The lowest BCUT2D eigenvalue weighted by molar-refractivity contribution is -0.124. The number of H-pyrrole nitrogens is 1. The molecule has 1 aliphatic rings. The van der Waals surface area contributed by atoms with E-state index in [9.17, 15) is 9.59 Å². The van der Waals surface area contributed by atoms with E-state index in [1.54, 1.807) is 17.2 Å². The zero-order valence-electron chi connectivity index (χ0n) is 15.4. The molecule has 1 unspecified atom stereocenters. The number of aryl methyl sites for hydroxylation is 3. The Bertz CT molecular complexity index is 1030. The molecule has 7 heteroatoms. The summed E-state index contributed by atoms with van der Waals surface area (Å²) >= 11 is 0. The number of hydrogen-bond acceptors (Lipinski definition) is 5. The first-order valence-corrected chi connectivity index (χ1v) is 8.84. The third-order valence-electron chi connectivity index (χ3n) is 4.86. The van der Waals surface area contributed by atoms with Crippen molar-refractivity contribution in [2.45, 2.75) is 33.3 Å². The molecule has 27 heavy (non-hydrogen) atoms. The van der Waals surface area contributed by atoms with Crippen molar-refractivity contribution in [3.8, 4) is 0 Å². The number of nitrogens with zero attached hydrogens (tertiary/aromatic N) is 3. The van der Waals surface area contributed by atoms with Gasteiger partial charge in [-0.25, -0.2) is 14.8 Å². The number of nitrogens with one attached hydrogen (secondary N) is 1. The number of carbonyl (C=O) groups excluding carboxylic acids is 2. The van der Waals surface area contributed by atoms with Gasteiger partial charge in [0.25, 0.3) is 5.91 Å². The molecule has 7 nitrogen and oxygen atoms in total. The van der Waals surface area contributed by atoms with Gasteiger partial charge in [0.2, 0.25) is 0 Å². The number of rotatable bonds is 3. The van der Waals surface area contributed by atoms with E-state index in [0.29, 0.717) is 24.0 Å². The molecular weight excluding hydrogens is 344 g/mol. The highest BCUT2D eigenvalue weighted by Crippen LogP contribution is 2.31. The fourth-order valence-corrected chi connectivity index (χ4v) is 3.80. The standard InChI is InChI=1S/C20H20N4O3/c1-11-8-12(2)17(13(3)9-11)24-7-5-15(19(24)25)27-20(26)16-14-4-6-21-18(14)23-10-22-16/h4,6,8-10,15H,5,7H2,1-3H3,(H,21,22,23). The van der Waals surface area contributed by atoms with E-state index in [1.807, 2.05) is 20.8 Å². The Morgan fingerprint density at radius 3 is 2.70 bits per heavy atom. The summed E-state index contributed by atoms with van der Waals surface area (Å²) in [6, 6.07) is 5.82. The smallest absolute Gasteiger partial charge is 0.358 e. The van der Waals surface area contributed by atoms with E-state index in [2.05, 4.69) is 27.1 Å². The van der Waals surface area contributed by atoms with Crippen molar-refractivity contribution in [3.05, 3.63) is 53.1 Å². The predicted octanol–water partition coefficient (Wildman–Crippen LogP) is 2.85. The number of benzene rings is 1. The summed E-state index contributed by atoms with van der Waals surface area (Å²) in [5.41, 5.74) is 4.86. The lowest BCUT2D eigenvalue weighted by atomic mass is 10.0. The number of fused-ring (bicyclic) bond motifs is 1. The lowest BCUT2D eigenvalue weighted by Gasteiger charge is -2.22. The molecule has 0 aliphatic carbocycles. The van der Waals surface area contributed by atoms with Crippen molar-refractivity contribution in [3.63, 3.8) is 0 Å². The first-order chi connectivity index (χ1) is 13.0. The first-order valence-electron chi connectivity index (χ1n) is 8.84. The molecule has 138 valence electrons. The van der Waals surface area contributed by atoms with Gasteiger partial charge in [0.05, 0.1) is 5.39 Å². The summed E-state index contributed by atoms with van der Waals surface area (Å²) < 4.78 is 5.51. The number of amides is 1. The molecule has 3 heterocycles. The van der Waals surface area contributed by atoms with Crippen LogP contribution in [0.4, 0.5) is 5.69 Å². The minimum atomic E-state index is -0.804. The molecule has 1 amide bonds. The van der Waals surface area contributed by atoms with Crippen LogP contribution in [-0.4, -0.2) is 39.5 Å². The van der Waals surface area contributed by atoms with Crippen LogP contribution < -0.4 is 4.90 Å². The highest BCUT2D eigenvalue weighted by atomic mass is 16.5. The normalized spacial score (nSPS) is 16.9. The molecule has 1 aliphatic heterocycles. The van der Waals surface area contributed by atoms with Gasteiger partial charge < -0.3 is 14.6 Å². The summed E-state index contributed by atoms with van der Waals surface area (Å²) in [6.07, 6.45) is 2.64. The van der Waals surface area contributed by atoms with Gasteiger partial charge in [-0.2, -0.15) is 0 Å². The van der Waals surface area contributed by atoms with Crippen LogP contribution in [0, 0.1) is 20.8 Å². The molecule has 1 aromatic carbocycles. The Kier molecular flexibility index (Phi) is 4.14. The van der Waals surface area contributed by atoms with Crippen molar-refractivity contribution >= 4 is 28.6 Å². The second kappa shape index (κ2) is 6.50. The van der Waals surface area contributed by atoms with Gasteiger partial charge in [-0.15, -0.1) is 0 Å². The van der Waals surface area contributed by atoms with Crippen molar-refractivity contribution in [1.82, 2.24) is 15.0 Å². The Hall–Kier alpha value is -3.22. The summed E-state index contributed by atoms with van der Waals surface area (Å²) in [5, 5.41) is 0.579. The van der Waals surface area contributed by atoms with Gasteiger partial charge in [-0.3, -0.25) is 4.79 Å². The van der Waals surface area contributed by atoms with E-state index in [-0.39, 0.29) is 11.6 Å². The maximum atomic E-state index is 12.9. The van der Waals surface area contributed by atoms with Crippen LogP contribution in [0.1, 0.15) is 33.6 Å². The fraction of sp³-hybridized carbons (Fsp3) is 0.300. The molecule has 1 saturated heterocycles. The van der Waals surface area contributed by atoms with Crippen LogP contribution in [0.15, 0.2) is 30.7 Å². The van der Waals surface area contributed by atoms with Crippen LogP contribution in [-0.2, 0) is 9.53 Å². The van der Waals surface area contributed by atoms with Crippen LogP contribution in [0.25, 0.3) is 11.0 Å². The predicted molar refractivity (Wildman–Crippen MR) is 101 cm³/mol. The molecule has 3 aromatic rings. The van der Waals surface area contributed by atoms with Crippen LogP contribution >= 0.6 is 0 Å². The summed E-state index contributed by atoms with van der Waals surface area (Å²) in [4.78, 5) is 38.2. The van der Waals surface area contributed by atoms with Gasteiger partial charge in [-0.1, -0.05) is 17.7 Å². The highest BCUT2D eigenvalue weighted by molar-refractivity contribution is 6.04. The van der Waals surface area contributed by atoms with E-state index in [4.69, 9.17) is 4.74 Å². The van der Waals surface area contributed by atoms with Gasteiger partial charge in [0.15, 0.2) is 11.8 Å². The number of anilines is 1. The maximum absolute atomic E-state index is 12.9. The van der Waals surface area contributed by atoms with Crippen molar-refractivity contribution < 1.29 is 14.3 Å². The second-order valence-electron chi connectivity index (χ2n) is 6.88. The average Bonchev–Trinajstić information content (AvgIpc) is 3.22. The molecule has 0 saturated carbocycles. The van der Waals surface area contributed by atoms with E-state index in [1.165, 1.54) is 6.33 Å². The van der Waals surface area contributed by atoms with Crippen LogP contribution in [0.5, 0.6) is 0 Å². The number of hydrogen-bond donors (Lipinski definition) is 1. The van der Waals surface area contributed by atoms with Gasteiger partial charge in [0, 0.05) is 24.8 Å². The largest absolute Gasteiger partial charge is 0.447 e. The SMILES string of the molecule is Cc1cc(C)c(N2CCC(OC(=O)c3ncnc4[nH]ccc34)C2=O)c(C)c1. The molecule has 1 N–H and O–H groups in total. The summed E-state index contributed by atoms with van der Waals surface area (Å²) in [5.74, 6) is -0.808. The molecule has 0 spiro atoms. The lowest BCUT2D eigenvalue weighted by Crippen LogP contribution is -2.33. The number of esters is 1. The van der Waals surface area contributed by atoms with Gasteiger partial charge in [-0.05, 0) is 38.0 Å². The second-order valence-corrected chi connectivity index (χ2v) is 6.88. The van der Waals surface area contributed by atoms with Gasteiger partial charge in [0.1, 0.15) is 12.0 Å². The Morgan fingerprint density at radius 1 is 1.22 bits per heavy atom. The van der Waals surface area contributed by atoms with Crippen molar-refractivity contribution in [2.75, 3.05) is 11.4 Å². The number of aromatic amines is 1. The Morgan fingerprint density at radius 2 is 1.96 bits per heavy atom. The van der Waals surface area contributed by atoms with Gasteiger partial charge >= 0.3 is 5.97 Å². The maximum Gasteiger partial charge on any atom is 0.358 e. The third kappa shape index (κ3) is 2.95. The number of aromatic nitrogens is 3. The summed E-state index contributed by atoms with van der Waals surface area (Å²) in [6.45, 7) is 6.53. The van der Waals surface area contributed by atoms with Crippen molar-refractivity contribution in [2.24, 2.45) is 0 Å². The minimum absolute atomic E-state index is 0.162. The molecule has 0 bridgehead atoms. The average molecular weight is 364 g/mol. The third-order valence-corrected chi connectivity index (χ3v) is 4.86. The Labute approximate surface area is 156 Å². The minimum Gasteiger partial charge on any atom is -0.447 e. The molecular formula is C20H20N4O3. The van der Waals surface area contributed by atoms with Crippen molar-refractivity contribution in [1.29, 1.82) is 0 Å². The first kappa shape index (κ1) is 17.2. The van der Waals surface area contributed by atoms with E-state index < -0.39 is 12.1 Å². The number of ether oxygens (including phenoxy) is 1. The molecule has 0 radical (unpaired) electrons. The molecule has 2 aromatic heterocycles. The van der Waals surface area contributed by atoms with Crippen LogP contribution in [0.3, 0.4) is 0 Å². The zero-order chi connectivity index (χ0) is 19.1. The van der Waals surface area contributed by atoms with Crippen LogP contribution in [0.2, 0.25) is 0 Å². The number of carbonyl (C=O) groups is 2. The van der Waals surface area contributed by atoms with E-state index in [0.717, 1.165) is 22.4 Å². The molecule has 1 fully saturated rings.